The van der Waals surface area contributed by atoms with Gasteiger partial charge in [0.25, 0.3) is 10.0 Å². The van der Waals surface area contributed by atoms with Crippen molar-refractivity contribution in [2.45, 2.75) is 44.0 Å². The summed E-state index contributed by atoms with van der Waals surface area (Å²) in [5.41, 5.74) is 2.31. The lowest BCUT2D eigenvalue weighted by atomic mass is 10.0. The molecule has 3 aromatic carbocycles. The van der Waals surface area contributed by atoms with E-state index >= 15 is 0 Å². The largest absolute Gasteiger partial charge is 0.508 e. The second kappa shape index (κ2) is 11.1. The highest BCUT2D eigenvalue weighted by atomic mass is 32.2. The highest BCUT2D eigenvalue weighted by Crippen LogP contribution is 2.29. The van der Waals surface area contributed by atoms with Crippen LogP contribution in [0.2, 0.25) is 0 Å². The lowest BCUT2D eigenvalue weighted by Gasteiger charge is -2.25. The minimum absolute atomic E-state index is 0.0951. The van der Waals surface area contributed by atoms with Crippen molar-refractivity contribution in [3.05, 3.63) is 83.9 Å². The van der Waals surface area contributed by atoms with Gasteiger partial charge in [0, 0.05) is 6.54 Å². The molecule has 1 fully saturated rings. The Morgan fingerprint density at radius 1 is 0.971 bits per heavy atom. The minimum atomic E-state index is -3.84. The second-order valence-corrected chi connectivity index (χ2v) is 11.2. The van der Waals surface area contributed by atoms with Crippen LogP contribution >= 0.6 is 0 Å². The van der Waals surface area contributed by atoms with Crippen molar-refractivity contribution in [3.8, 4) is 11.5 Å². The molecule has 1 heterocycles. The van der Waals surface area contributed by atoms with Gasteiger partial charge >= 0.3 is 0 Å². The average Bonchev–Trinajstić information content (AvgIpc) is 3.37. The summed E-state index contributed by atoms with van der Waals surface area (Å²) in [5.74, 6) is 1.12. The Labute approximate surface area is 208 Å². The maximum atomic E-state index is 13.7. The summed E-state index contributed by atoms with van der Waals surface area (Å²) < 4.78 is 34.7. The molecule has 6 nitrogen and oxygen atoms in total. The van der Waals surface area contributed by atoms with E-state index in [1.807, 2.05) is 24.3 Å². The van der Waals surface area contributed by atoms with Crippen LogP contribution in [0.25, 0.3) is 0 Å². The van der Waals surface area contributed by atoms with Crippen LogP contribution in [0.3, 0.4) is 0 Å². The highest BCUT2D eigenvalue weighted by Gasteiger charge is 2.26. The van der Waals surface area contributed by atoms with Crippen LogP contribution in [-0.4, -0.2) is 44.7 Å². The molecular weight excluding hydrogens is 460 g/mol. The van der Waals surface area contributed by atoms with Gasteiger partial charge in [0.1, 0.15) is 18.1 Å². The number of ether oxygens (including phenoxy) is 1. The molecule has 0 saturated carbocycles. The summed E-state index contributed by atoms with van der Waals surface area (Å²) in [6.07, 6.45) is 2.50. The van der Waals surface area contributed by atoms with Crippen LogP contribution in [0.5, 0.6) is 11.5 Å². The molecule has 1 N–H and O–H groups in total. The Morgan fingerprint density at radius 3 is 2.29 bits per heavy atom. The molecule has 1 aliphatic rings. The number of phenolic OH excluding ortho intramolecular Hbond substituents is 1. The predicted octanol–water partition coefficient (Wildman–Crippen LogP) is 5.39. The maximum Gasteiger partial charge on any atom is 0.264 e. The summed E-state index contributed by atoms with van der Waals surface area (Å²) >= 11 is 0. The number of benzene rings is 3. The van der Waals surface area contributed by atoms with E-state index in [1.54, 1.807) is 48.5 Å². The standard InChI is InChI=1S/C28H34N2O4S/c1-22(2)24-8-14-28(15-9-24)35(32,33)30(21-23-6-5-7-26(31)20-23)25-10-12-27(13-11-25)34-19-18-29-16-3-4-17-29/h5-15,20,22,31H,3-4,16-19,21H2,1-2H3. The smallest absolute Gasteiger partial charge is 0.264 e. The average molecular weight is 495 g/mol. The third kappa shape index (κ3) is 6.35. The van der Waals surface area contributed by atoms with E-state index in [2.05, 4.69) is 18.7 Å². The third-order valence-electron chi connectivity index (χ3n) is 6.37. The van der Waals surface area contributed by atoms with Crippen molar-refractivity contribution >= 4 is 15.7 Å². The molecule has 0 bridgehead atoms. The van der Waals surface area contributed by atoms with E-state index in [4.69, 9.17) is 4.74 Å². The molecule has 0 aromatic heterocycles. The molecule has 1 aliphatic heterocycles. The van der Waals surface area contributed by atoms with Gasteiger partial charge in [-0.25, -0.2) is 8.42 Å². The van der Waals surface area contributed by atoms with E-state index < -0.39 is 10.0 Å². The number of likely N-dealkylation sites (tertiary alicyclic amines) is 1. The monoisotopic (exact) mass is 494 g/mol. The normalized spacial score (nSPS) is 14.4. The fourth-order valence-electron chi connectivity index (χ4n) is 4.30. The first-order chi connectivity index (χ1) is 16.8. The molecule has 0 radical (unpaired) electrons. The van der Waals surface area contributed by atoms with Crippen LogP contribution in [0.15, 0.2) is 77.7 Å². The number of phenols is 1. The summed E-state index contributed by atoms with van der Waals surface area (Å²) in [4.78, 5) is 2.62. The van der Waals surface area contributed by atoms with Crippen molar-refractivity contribution in [2.75, 3.05) is 30.5 Å². The zero-order valence-electron chi connectivity index (χ0n) is 20.4. The quantitative estimate of drug-likeness (QED) is 0.409. The van der Waals surface area contributed by atoms with Gasteiger partial charge in [-0.05, 0) is 91.5 Å². The molecule has 35 heavy (non-hydrogen) atoms. The Hall–Kier alpha value is -3.03. The van der Waals surface area contributed by atoms with Gasteiger partial charge < -0.3 is 9.84 Å². The van der Waals surface area contributed by atoms with Crippen molar-refractivity contribution in [2.24, 2.45) is 0 Å². The van der Waals surface area contributed by atoms with Gasteiger partial charge in [-0.1, -0.05) is 38.1 Å². The van der Waals surface area contributed by atoms with E-state index in [9.17, 15) is 13.5 Å². The van der Waals surface area contributed by atoms with Crippen molar-refractivity contribution in [3.63, 3.8) is 0 Å². The second-order valence-electron chi connectivity index (χ2n) is 9.30. The summed E-state index contributed by atoms with van der Waals surface area (Å²) in [6, 6.07) is 20.9. The van der Waals surface area contributed by atoms with Crippen LogP contribution in [0.1, 0.15) is 43.7 Å². The molecule has 0 unspecified atom stereocenters. The molecule has 0 aliphatic carbocycles. The summed E-state index contributed by atoms with van der Waals surface area (Å²) in [7, 11) is -3.84. The number of rotatable bonds is 10. The molecule has 186 valence electrons. The molecule has 3 aromatic rings. The SMILES string of the molecule is CC(C)c1ccc(S(=O)(=O)N(Cc2cccc(O)c2)c2ccc(OCCN3CCCC3)cc2)cc1. The Balaban J connectivity index is 1.57. The number of hydrogen-bond acceptors (Lipinski definition) is 5. The topological polar surface area (TPSA) is 70.1 Å². The van der Waals surface area contributed by atoms with E-state index in [1.165, 1.54) is 17.1 Å². The predicted molar refractivity (Wildman–Crippen MR) is 140 cm³/mol. The molecule has 0 amide bonds. The molecule has 1 saturated heterocycles. The molecule has 0 spiro atoms. The molecule has 0 atom stereocenters. The Bertz CT molecular complexity index is 1200. The van der Waals surface area contributed by atoms with E-state index in [0.717, 1.165) is 25.2 Å². The fourth-order valence-corrected chi connectivity index (χ4v) is 5.75. The number of nitrogens with zero attached hydrogens (tertiary/aromatic N) is 2. The number of sulfonamides is 1. The minimum Gasteiger partial charge on any atom is -0.508 e. The number of aromatic hydroxyl groups is 1. The zero-order valence-corrected chi connectivity index (χ0v) is 21.2. The third-order valence-corrected chi connectivity index (χ3v) is 8.16. The highest BCUT2D eigenvalue weighted by molar-refractivity contribution is 7.92. The van der Waals surface area contributed by atoms with Gasteiger partial charge in [-0.3, -0.25) is 9.21 Å². The van der Waals surface area contributed by atoms with Crippen molar-refractivity contribution < 1.29 is 18.3 Å². The van der Waals surface area contributed by atoms with Gasteiger partial charge in [-0.15, -0.1) is 0 Å². The van der Waals surface area contributed by atoms with Crippen molar-refractivity contribution in [1.82, 2.24) is 4.90 Å². The summed E-state index contributed by atoms with van der Waals surface area (Å²) in [6.45, 7) is 8.00. The fraction of sp³-hybridized carbons (Fsp3) is 0.357. The lowest BCUT2D eigenvalue weighted by Crippen LogP contribution is -2.30. The van der Waals surface area contributed by atoms with E-state index in [-0.39, 0.29) is 17.2 Å². The van der Waals surface area contributed by atoms with E-state index in [0.29, 0.717) is 29.5 Å². The zero-order chi connectivity index (χ0) is 24.8. The van der Waals surface area contributed by atoms with Gasteiger partial charge in [0.2, 0.25) is 0 Å². The Kier molecular flexibility index (Phi) is 7.98. The van der Waals surface area contributed by atoms with Crippen molar-refractivity contribution in [1.29, 1.82) is 0 Å². The van der Waals surface area contributed by atoms with Gasteiger partial charge in [0.05, 0.1) is 17.1 Å². The first-order valence-electron chi connectivity index (χ1n) is 12.2. The first-order valence-corrected chi connectivity index (χ1v) is 13.6. The molecule has 4 rings (SSSR count). The van der Waals surface area contributed by atoms with Crippen LogP contribution in [0.4, 0.5) is 5.69 Å². The van der Waals surface area contributed by atoms with Gasteiger partial charge in [0.15, 0.2) is 0 Å². The number of anilines is 1. The van der Waals surface area contributed by atoms with Crippen LogP contribution in [-0.2, 0) is 16.6 Å². The lowest BCUT2D eigenvalue weighted by molar-refractivity contribution is 0.238. The molecule has 7 heteroatoms. The van der Waals surface area contributed by atoms with Crippen LogP contribution in [0, 0.1) is 0 Å². The number of hydrogen-bond donors (Lipinski definition) is 1. The first kappa shape index (κ1) is 25.1. The maximum absolute atomic E-state index is 13.7. The Morgan fingerprint density at radius 2 is 1.66 bits per heavy atom. The molecular formula is C28H34N2O4S. The van der Waals surface area contributed by atoms with Gasteiger partial charge in [-0.2, -0.15) is 0 Å². The summed E-state index contributed by atoms with van der Waals surface area (Å²) in [5, 5.41) is 9.91. The van der Waals surface area contributed by atoms with Crippen LogP contribution < -0.4 is 9.04 Å².